The maximum Gasteiger partial charge on any atom is 0.260 e. The first-order valence-electron chi connectivity index (χ1n) is 8.39. The van der Waals surface area contributed by atoms with Gasteiger partial charge in [0.1, 0.15) is 0 Å². The quantitative estimate of drug-likeness (QED) is 0.880. The Kier molecular flexibility index (Phi) is 3.96. The molecule has 1 saturated heterocycles. The van der Waals surface area contributed by atoms with Crippen LogP contribution in [0.4, 0.5) is 5.69 Å². The van der Waals surface area contributed by atoms with Crippen LogP contribution in [-0.4, -0.2) is 60.6 Å². The van der Waals surface area contributed by atoms with Gasteiger partial charge in [0.25, 0.3) is 5.91 Å². The Labute approximate surface area is 142 Å². The summed E-state index contributed by atoms with van der Waals surface area (Å²) < 4.78 is 0. The first-order valence-corrected chi connectivity index (χ1v) is 8.39. The van der Waals surface area contributed by atoms with Gasteiger partial charge in [-0.15, -0.1) is 0 Å². The lowest BCUT2D eigenvalue weighted by atomic mass is 10.1. The minimum Gasteiger partial charge on any atom is -0.362 e. The Balaban J connectivity index is 1.63. The number of anilines is 1. The first kappa shape index (κ1) is 15.2. The molecule has 1 aromatic carbocycles. The number of carbonyl (C=O) groups is 1. The van der Waals surface area contributed by atoms with Gasteiger partial charge < -0.3 is 9.88 Å². The Morgan fingerprint density at radius 2 is 1.88 bits per heavy atom. The van der Waals surface area contributed by atoms with E-state index in [1.807, 2.05) is 53.6 Å². The molecule has 2 aliphatic rings. The van der Waals surface area contributed by atoms with Crippen LogP contribution in [0.3, 0.4) is 0 Å². The fourth-order valence-corrected chi connectivity index (χ4v) is 3.37. The average molecular weight is 322 g/mol. The monoisotopic (exact) mass is 322 g/mol. The molecule has 0 saturated carbocycles. The maximum absolute atomic E-state index is 13.0. The number of hydrogen-bond acceptors (Lipinski definition) is 3. The number of carbonyl (C=O) groups excluding carboxylic acids is 1. The number of hydrogen-bond donors (Lipinski definition) is 1. The summed E-state index contributed by atoms with van der Waals surface area (Å²) in [5.41, 5.74) is 3.75. The molecule has 2 aliphatic heterocycles. The highest BCUT2D eigenvalue weighted by atomic mass is 16.2. The van der Waals surface area contributed by atoms with Gasteiger partial charge in [0.2, 0.25) is 0 Å². The molecule has 2 aromatic rings. The predicted octanol–water partition coefficient (Wildman–Crippen LogP) is 2.11. The summed E-state index contributed by atoms with van der Waals surface area (Å²) in [4.78, 5) is 22.8. The van der Waals surface area contributed by atoms with E-state index in [4.69, 9.17) is 0 Å². The average Bonchev–Trinajstić information content (AvgIpc) is 3.20. The van der Waals surface area contributed by atoms with Crippen molar-refractivity contribution in [2.75, 3.05) is 44.8 Å². The van der Waals surface area contributed by atoms with Crippen LogP contribution in [0.15, 0.2) is 42.6 Å². The van der Waals surface area contributed by atoms with E-state index in [9.17, 15) is 4.79 Å². The second-order valence-electron chi connectivity index (χ2n) is 6.50. The van der Waals surface area contributed by atoms with Gasteiger partial charge >= 0.3 is 0 Å². The number of benzene rings is 1. The molecular weight excluding hydrogens is 300 g/mol. The Morgan fingerprint density at radius 3 is 2.62 bits per heavy atom. The van der Waals surface area contributed by atoms with Crippen LogP contribution in [0.2, 0.25) is 0 Å². The van der Waals surface area contributed by atoms with Gasteiger partial charge in [-0.2, -0.15) is 0 Å². The molecule has 3 heterocycles. The summed E-state index contributed by atoms with van der Waals surface area (Å²) in [6.45, 7) is 4.76. The molecule has 1 aromatic heterocycles. The number of nitrogens with one attached hydrogen (secondary N) is 1. The van der Waals surface area contributed by atoms with Gasteiger partial charge in [-0.1, -0.05) is 18.2 Å². The molecule has 5 heteroatoms. The molecule has 1 amide bonds. The van der Waals surface area contributed by atoms with E-state index in [2.05, 4.69) is 21.8 Å². The van der Waals surface area contributed by atoms with Crippen LogP contribution >= 0.6 is 0 Å². The smallest absolute Gasteiger partial charge is 0.260 e. The fraction of sp³-hybridized carbons (Fsp3) is 0.316. The third kappa shape index (κ3) is 2.77. The molecule has 0 unspecified atom stereocenters. The van der Waals surface area contributed by atoms with Gasteiger partial charge in [0, 0.05) is 43.6 Å². The molecule has 124 valence electrons. The van der Waals surface area contributed by atoms with E-state index in [1.54, 1.807) is 0 Å². The van der Waals surface area contributed by atoms with Gasteiger partial charge in [-0.3, -0.25) is 14.6 Å². The fourth-order valence-electron chi connectivity index (χ4n) is 3.37. The standard InChI is InChI=1S/C19H22N4O/c1-21-9-11-22(12-10-21)14-23-18-7-3-2-6-16(18)17(19(23)24)13-15-5-4-8-20-15/h2-8,13,20H,9-12,14H2,1H3. The number of aromatic amines is 1. The topological polar surface area (TPSA) is 42.6 Å². The van der Waals surface area contributed by atoms with Crippen LogP contribution < -0.4 is 4.90 Å². The molecule has 0 bridgehead atoms. The zero-order valence-corrected chi connectivity index (χ0v) is 13.9. The summed E-state index contributed by atoms with van der Waals surface area (Å²) in [5.74, 6) is 0.0877. The van der Waals surface area contributed by atoms with Crippen molar-refractivity contribution in [2.45, 2.75) is 0 Å². The van der Waals surface area contributed by atoms with Crippen molar-refractivity contribution in [2.24, 2.45) is 0 Å². The van der Waals surface area contributed by atoms with E-state index in [-0.39, 0.29) is 5.91 Å². The zero-order chi connectivity index (χ0) is 16.5. The van der Waals surface area contributed by atoms with Crippen molar-refractivity contribution < 1.29 is 4.79 Å². The maximum atomic E-state index is 13.0. The lowest BCUT2D eigenvalue weighted by molar-refractivity contribution is -0.113. The molecule has 0 spiro atoms. The summed E-state index contributed by atoms with van der Waals surface area (Å²) in [6, 6.07) is 12.0. The second-order valence-corrected chi connectivity index (χ2v) is 6.50. The third-order valence-corrected chi connectivity index (χ3v) is 4.82. The Hall–Kier alpha value is -2.37. The van der Waals surface area contributed by atoms with Crippen molar-refractivity contribution in [3.8, 4) is 0 Å². The highest BCUT2D eigenvalue weighted by molar-refractivity contribution is 6.35. The molecule has 4 rings (SSSR count). The van der Waals surface area contributed by atoms with E-state index in [1.165, 1.54) is 0 Å². The predicted molar refractivity (Wildman–Crippen MR) is 96.5 cm³/mol. The number of aromatic nitrogens is 1. The number of likely N-dealkylation sites (N-methyl/N-ethyl adjacent to an activating group) is 1. The molecule has 1 N–H and O–H groups in total. The number of piperazine rings is 1. The molecule has 1 fully saturated rings. The summed E-state index contributed by atoms with van der Waals surface area (Å²) in [7, 11) is 2.14. The van der Waals surface area contributed by atoms with Crippen molar-refractivity contribution in [3.63, 3.8) is 0 Å². The van der Waals surface area contributed by atoms with Crippen molar-refractivity contribution in [1.82, 2.24) is 14.8 Å². The van der Waals surface area contributed by atoms with E-state index in [0.29, 0.717) is 6.67 Å². The largest absolute Gasteiger partial charge is 0.362 e. The summed E-state index contributed by atoms with van der Waals surface area (Å²) >= 11 is 0. The van der Waals surface area contributed by atoms with Crippen molar-refractivity contribution in [3.05, 3.63) is 53.9 Å². The van der Waals surface area contributed by atoms with Gasteiger partial charge in [0.15, 0.2) is 0 Å². The van der Waals surface area contributed by atoms with E-state index in [0.717, 1.165) is 48.7 Å². The zero-order valence-electron chi connectivity index (χ0n) is 13.9. The highest BCUT2D eigenvalue weighted by Crippen LogP contribution is 2.37. The van der Waals surface area contributed by atoms with Crippen LogP contribution in [0.25, 0.3) is 11.6 Å². The van der Waals surface area contributed by atoms with Crippen LogP contribution in [0.5, 0.6) is 0 Å². The van der Waals surface area contributed by atoms with Crippen LogP contribution in [0.1, 0.15) is 11.3 Å². The SMILES string of the molecule is CN1CCN(CN2C(=O)C(=Cc3ccc[nH]3)c3ccccc32)CC1. The lowest BCUT2D eigenvalue weighted by Crippen LogP contribution is -2.49. The van der Waals surface area contributed by atoms with Crippen molar-refractivity contribution >= 4 is 23.2 Å². The van der Waals surface area contributed by atoms with Gasteiger partial charge in [0.05, 0.1) is 17.9 Å². The number of H-pyrrole nitrogens is 1. The third-order valence-electron chi connectivity index (χ3n) is 4.82. The van der Waals surface area contributed by atoms with Crippen molar-refractivity contribution in [1.29, 1.82) is 0 Å². The molecule has 0 atom stereocenters. The minimum absolute atomic E-state index is 0.0877. The van der Waals surface area contributed by atoms with Crippen LogP contribution in [0, 0.1) is 0 Å². The summed E-state index contributed by atoms with van der Waals surface area (Å²) in [5, 5.41) is 0. The molecule has 24 heavy (non-hydrogen) atoms. The number of nitrogens with zero attached hydrogens (tertiary/aromatic N) is 3. The minimum atomic E-state index is 0.0877. The first-order chi connectivity index (χ1) is 11.7. The lowest BCUT2D eigenvalue weighted by Gasteiger charge is -2.34. The second kappa shape index (κ2) is 6.26. The van der Waals surface area contributed by atoms with E-state index < -0.39 is 0 Å². The number of para-hydroxylation sites is 1. The molecule has 5 nitrogen and oxygen atoms in total. The Bertz CT molecular complexity index is 757. The Morgan fingerprint density at radius 1 is 1.08 bits per heavy atom. The number of fused-ring (bicyclic) bond motifs is 1. The molecule has 0 aliphatic carbocycles. The number of amides is 1. The normalized spacial score (nSPS) is 20.8. The van der Waals surface area contributed by atoms with Gasteiger partial charge in [-0.05, 0) is 31.3 Å². The highest BCUT2D eigenvalue weighted by Gasteiger charge is 2.33. The summed E-state index contributed by atoms with van der Waals surface area (Å²) in [6.07, 6.45) is 3.82. The number of rotatable bonds is 3. The molecule has 0 radical (unpaired) electrons. The van der Waals surface area contributed by atoms with Gasteiger partial charge in [-0.25, -0.2) is 0 Å². The van der Waals surface area contributed by atoms with E-state index >= 15 is 0 Å². The van der Waals surface area contributed by atoms with Crippen LogP contribution in [-0.2, 0) is 4.79 Å². The molecular formula is C19H22N4O.